The molecule has 0 radical (unpaired) electrons. The summed E-state index contributed by atoms with van der Waals surface area (Å²) in [6.07, 6.45) is 5.24. The number of nitrogens with zero attached hydrogens (tertiary/aromatic N) is 2. The van der Waals surface area contributed by atoms with Crippen LogP contribution in [0.25, 0.3) is 17.3 Å². The quantitative estimate of drug-likeness (QED) is 0.737. The SMILES string of the molecule is C=Cc1cccc(-c2nccnc2C)c1. The molecule has 0 aliphatic rings. The Morgan fingerprint density at radius 2 is 2.00 bits per heavy atom. The first kappa shape index (κ1) is 9.59. The van der Waals surface area contributed by atoms with Crippen LogP contribution in [-0.2, 0) is 0 Å². The highest BCUT2D eigenvalue weighted by atomic mass is 14.8. The maximum atomic E-state index is 4.33. The number of aryl methyl sites for hydroxylation is 1. The van der Waals surface area contributed by atoms with Gasteiger partial charge in [-0.05, 0) is 18.6 Å². The van der Waals surface area contributed by atoms with Crippen LogP contribution in [0.5, 0.6) is 0 Å². The molecule has 0 amide bonds. The average molecular weight is 196 g/mol. The van der Waals surface area contributed by atoms with Crippen molar-refractivity contribution in [1.29, 1.82) is 0 Å². The fourth-order valence-corrected chi connectivity index (χ4v) is 1.50. The molecule has 0 aliphatic heterocycles. The summed E-state index contributed by atoms with van der Waals surface area (Å²) in [6.45, 7) is 5.71. The third-order valence-electron chi connectivity index (χ3n) is 2.28. The van der Waals surface area contributed by atoms with Crippen LogP contribution in [0.15, 0.2) is 43.2 Å². The van der Waals surface area contributed by atoms with E-state index in [1.165, 1.54) is 0 Å². The number of aromatic nitrogens is 2. The zero-order chi connectivity index (χ0) is 10.7. The molecule has 1 aromatic carbocycles. The molecule has 0 atom stereocenters. The van der Waals surface area contributed by atoms with E-state index in [0.29, 0.717) is 0 Å². The van der Waals surface area contributed by atoms with Crippen LogP contribution in [-0.4, -0.2) is 9.97 Å². The van der Waals surface area contributed by atoms with Gasteiger partial charge in [0.1, 0.15) is 0 Å². The molecule has 2 aromatic rings. The highest BCUT2D eigenvalue weighted by Crippen LogP contribution is 2.20. The number of rotatable bonds is 2. The van der Waals surface area contributed by atoms with Crippen LogP contribution >= 0.6 is 0 Å². The Bertz CT molecular complexity index is 489. The molecule has 2 nitrogen and oxygen atoms in total. The van der Waals surface area contributed by atoms with Gasteiger partial charge in [0.25, 0.3) is 0 Å². The van der Waals surface area contributed by atoms with Gasteiger partial charge in [0.05, 0.1) is 11.4 Å². The van der Waals surface area contributed by atoms with E-state index in [2.05, 4.69) is 22.6 Å². The van der Waals surface area contributed by atoms with Crippen molar-refractivity contribution < 1.29 is 0 Å². The summed E-state index contributed by atoms with van der Waals surface area (Å²) in [5, 5.41) is 0. The molecule has 2 heteroatoms. The maximum absolute atomic E-state index is 4.33. The van der Waals surface area contributed by atoms with Crippen LogP contribution in [0.3, 0.4) is 0 Å². The summed E-state index contributed by atoms with van der Waals surface area (Å²) in [4.78, 5) is 8.55. The fraction of sp³-hybridized carbons (Fsp3) is 0.0769. The maximum Gasteiger partial charge on any atom is 0.0914 e. The molecule has 0 spiro atoms. The lowest BCUT2D eigenvalue weighted by molar-refractivity contribution is 1.12. The van der Waals surface area contributed by atoms with Gasteiger partial charge in [-0.2, -0.15) is 0 Å². The second-order valence-electron chi connectivity index (χ2n) is 3.32. The molecule has 0 aliphatic carbocycles. The second kappa shape index (κ2) is 4.05. The van der Waals surface area contributed by atoms with Crippen molar-refractivity contribution in [3.05, 3.63) is 54.5 Å². The molecule has 74 valence electrons. The third kappa shape index (κ3) is 1.94. The summed E-state index contributed by atoms with van der Waals surface area (Å²) in [6, 6.07) is 8.11. The van der Waals surface area contributed by atoms with Gasteiger partial charge < -0.3 is 0 Å². The lowest BCUT2D eigenvalue weighted by atomic mass is 10.1. The normalized spacial score (nSPS) is 9.93. The minimum atomic E-state index is 0.932. The zero-order valence-electron chi connectivity index (χ0n) is 8.64. The zero-order valence-corrected chi connectivity index (χ0v) is 8.64. The van der Waals surface area contributed by atoms with Gasteiger partial charge in [-0.15, -0.1) is 0 Å². The average Bonchev–Trinajstić information content (AvgIpc) is 2.30. The van der Waals surface area contributed by atoms with Gasteiger partial charge in [-0.25, -0.2) is 0 Å². The molecule has 2 rings (SSSR count). The van der Waals surface area contributed by atoms with Crippen LogP contribution in [0.4, 0.5) is 0 Å². The molecule has 0 fully saturated rings. The van der Waals surface area contributed by atoms with E-state index in [1.807, 2.05) is 31.2 Å². The molecule has 1 heterocycles. The van der Waals surface area contributed by atoms with E-state index in [0.717, 1.165) is 22.5 Å². The first-order valence-corrected chi connectivity index (χ1v) is 4.82. The summed E-state index contributed by atoms with van der Waals surface area (Å²) in [7, 11) is 0. The highest BCUT2D eigenvalue weighted by molar-refractivity contribution is 5.65. The first-order valence-electron chi connectivity index (χ1n) is 4.82. The monoisotopic (exact) mass is 196 g/mol. The van der Waals surface area contributed by atoms with Gasteiger partial charge >= 0.3 is 0 Å². The Morgan fingerprint density at radius 3 is 2.73 bits per heavy atom. The minimum Gasteiger partial charge on any atom is -0.258 e. The summed E-state index contributed by atoms with van der Waals surface area (Å²) >= 11 is 0. The van der Waals surface area contributed by atoms with Crippen molar-refractivity contribution in [1.82, 2.24) is 9.97 Å². The molecule has 0 N–H and O–H groups in total. The van der Waals surface area contributed by atoms with Crippen molar-refractivity contribution in [2.75, 3.05) is 0 Å². The molecular formula is C13H12N2. The molecular weight excluding hydrogens is 184 g/mol. The van der Waals surface area contributed by atoms with Crippen molar-refractivity contribution in [3.8, 4) is 11.3 Å². The smallest absolute Gasteiger partial charge is 0.0914 e. The molecule has 0 bridgehead atoms. The van der Waals surface area contributed by atoms with Gasteiger partial charge in [0.2, 0.25) is 0 Å². The van der Waals surface area contributed by atoms with Gasteiger partial charge in [-0.1, -0.05) is 30.9 Å². The number of hydrogen-bond acceptors (Lipinski definition) is 2. The Kier molecular flexibility index (Phi) is 2.59. The Morgan fingerprint density at radius 1 is 1.20 bits per heavy atom. The lowest BCUT2D eigenvalue weighted by Gasteiger charge is -2.04. The summed E-state index contributed by atoms with van der Waals surface area (Å²) in [5.74, 6) is 0. The van der Waals surface area contributed by atoms with E-state index in [1.54, 1.807) is 12.4 Å². The minimum absolute atomic E-state index is 0.932. The molecule has 0 saturated carbocycles. The third-order valence-corrected chi connectivity index (χ3v) is 2.28. The van der Waals surface area contributed by atoms with Crippen LogP contribution in [0, 0.1) is 6.92 Å². The van der Waals surface area contributed by atoms with E-state index < -0.39 is 0 Å². The largest absolute Gasteiger partial charge is 0.258 e. The van der Waals surface area contributed by atoms with E-state index in [4.69, 9.17) is 0 Å². The second-order valence-corrected chi connectivity index (χ2v) is 3.32. The van der Waals surface area contributed by atoms with Crippen molar-refractivity contribution in [2.24, 2.45) is 0 Å². The molecule has 15 heavy (non-hydrogen) atoms. The topological polar surface area (TPSA) is 25.8 Å². The van der Waals surface area contributed by atoms with E-state index in [-0.39, 0.29) is 0 Å². The summed E-state index contributed by atoms with van der Waals surface area (Å²) < 4.78 is 0. The van der Waals surface area contributed by atoms with Gasteiger partial charge in [0, 0.05) is 18.0 Å². The Labute approximate surface area is 89.3 Å². The van der Waals surface area contributed by atoms with Crippen molar-refractivity contribution in [2.45, 2.75) is 6.92 Å². The van der Waals surface area contributed by atoms with Crippen LogP contribution in [0.1, 0.15) is 11.3 Å². The number of hydrogen-bond donors (Lipinski definition) is 0. The lowest BCUT2D eigenvalue weighted by Crippen LogP contribution is -1.90. The first-order chi connectivity index (χ1) is 7.31. The fourth-order valence-electron chi connectivity index (χ4n) is 1.50. The Balaban J connectivity index is 2.54. The van der Waals surface area contributed by atoms with Crippen LogP contribution < -0.4 is 0 Å². The van der Waals surface area contributed by atoms with Gasteiger partial charge in [0.15, 0.2) is 0 Å². The Hall–Kier alpha value is -1.96. The molecule has 0 saturated heterocycles. The molecule has 0 unspecified atom stereocenters. The number of benzene rings is 1. The highest BCUT2D eigenvalue weighted by Gasteiger charge is 2.03. The van der Waals surface area contributed by atoms with Gasteiger partial charge in [-0.3, -0.25) is 9.97 Å². The summed E-state index contributed by atoms with van der Waals surface area (Å²) in [5.41, 5.74) is 4.05. The van der Waals surface area contributed by atoms with Crippen molar-refractivity contribution in [3.63, 3.8) is 0 Å². The predicted molar refractivity (Wildman–Crippen MR) is 62.3 cm³/mol. The molecule has 1 aromatic heterocycles. The van der Waals surface area contributed by atoms with Crippen LogP contribution in [0.2, 0.25) is 0 Å². The predicted octanol–water partition coefficient (Wildman–Crippen LogP) is 3.10. The van der Waals surface area contributed by atoms with Crippen molar-refractivity contribution >= 4 is 6.08 Å². The van der Waals surface area contributed by atoms with E-state index in [9.17, 15) is 0 Å². The standard InChI is InChI=1S/C13H12N2/c1-3-11-5-4-6-12(9-11)13-10(2)14-7-8-15-13/h3-9H,1H2,2H3. The van der Waals surface area contributed by atoms with E-state index >= 15 is 0 Å².